The van der Waals surface area contributed by atoms with E-state index in [0.29, 0.717) is 35.3 Å². The van der Waals surface area contributed by atoms with Gasteiger partial charge in [-0.25, -0.2) is 4.79 Å². The van der Waals surface area contributed by atoms with E-state index in [-0.39, 0.29) is 17.5 Å². The lowest BCUT2D eigenvalue weighted by molar-refractivity contribution is 0.0553. The highest BCUT2D eigenvalue weighted by molar-refractivity contribution is 7.09. The normalized spacial score (nSPS) is 15.2. The Morgan fingerprint density at radius 2 is 1.92 bits per heavy atom. The highest BCUT2D eigenvalue weighted by Crippen LogP contribution is 2.41. The Hall–Kier alpha value is -3.79. The van der Waals surface area contributed by atoms with E-state index in [2.05, 4.69) is 22.8 Å². The monoisotopic (exact) mass is 543 g/mol. The van der Waals surface area contributed by atoms with Crippen LogP contribution in [-0.2, 0) is 23.1 Å². The van der Waals surface area contributed by atoms with Crippen molar-refractivity contribution in [3.05, 3.63) is 86.5 Å². The number of aliphatic hydroxyl groups is 1. The molecular weight excluding hydrogens is 514 g/mol. The third-order valence-corrected chi connectivity index (χ3v) is 8.71. The molecule has 5 aromatic rings. The number of rotatable bonds is 6. The average Bonchev–Trinajstić information content (AvgIpc) is 3.46. The summed E-state index contributed by atoms with van der Waals surface area (Å²) in [6.07, 6.45) is 3.56. The maximum absolute atomic E-state index is 12.6. The largest absolute Gasteiger partial charge is 0.465 e. The molecule has 1 N–H and O–H groups in total. The van der Waals surface area contributed by atoms with Crippen molar-refractivity contribution in [3.8, 4) is 11.3 Å². The van der Waals surface area contributed by atoms with E-state index < -0.39 is 5.97 Å². The minimum atomic E-state index is -0.398. The second-order valence-corrected chi connectivity index (χ2v) is 10.9. The quantitative estimate of drug-likeness (QED) is 0.306. The molecule has 0 radical (unpaired) electrons. The number of ether oxygens (including phenoxy) is 2. The van der Waals surface area contributed by atoms with Gasteiger partial charge in [0.05, 0.1) is 52.4 Å². The maximum Gasteiger partial charge on any atom is 0.337 e. The van der Waals surface area contributed by atoms with Crippen LogP contribution in [0.1, 0.15) is 39.7 Å². The van der Waals surface area contributed by atoms with E-state index in [1.807, 2.05) is 30.3 Å². The van der Waals surface area contributed by atoms with Gasteiger partial charge in [0.2, 0.25) is 0 Å². The van der Waals surface area contributed by atoms with Crippen LogP contribution in [0, 0.1) is 5.92 Å². The van der Waals surface area contributed by atoms with E-state index in [4.69, 9.17) is 14.5 Å². The molecule has 39 heavy (non-hydrogen) atoms. The number of carbonyl (C=O) groups excluding carboxylic acids is 1. The number of aliphatic hydroxyl groups excluding tert-OH is 1. The first-order chi connectivity index (χ1) is 19.0. The molecule has 1 unspecified atom stereocenters. The molecule has 3 aromatic heterocycles. The number of hydrogen-bond donors (Lipinski definition) is 1. The zero-order valence-corrected chi connectivity index (χ0v) is 22.6. The number of hydrogen-bond acceptors (Lipinski definition) is 7. The summed E-state index contributed by atoms with van der Waals surface area (Å²) in [5, 5.41) is 10.9. The standard InChI is InChI=1S/C30H29N3O5S/c1-32-28(25(17-34)39-30(32)36)21-15-24-26(31-16-21)22-9-8-20(29(35)37-2)14-23(22)33(24)27(18-6-4-3-5-7-18)19-10-12-38-13-11-19/h3-9,14-16,19,27,34H,10-13,17H2,1-2H3. The highest BCUT2D eigenvalue weighted by atomic mass is 32.1. The number of nitrogens with zero attached hydrogens (tertiary/aromatic N) is 3. The summed E-state index contributed by atoms with van der Waals surface area (Å²) in [6, 6.07) is 18.0. The third-order valence-electron chi connectivity index (χ3n) is 7.69. The molecule has 0 amide bonds. The van der Waals surface area contributed by atoms with Gasteiger partial charge in [-0.2, -0.15) is 0 Å². The van der Waals surface area contributed by atoms with Crippen LogP contribution in [-0.4, -0.2) is 45.5 Å². The predicted octanol–water partition coefficient (Wildman–Crippen LogP) is 4.91. The van der Waals surface area contributed by atoms with Gasteiger partial charge in [0.25, 0.3) is 0 Å². The molecule has 8 nitrogen and oxygen atoms in total. The van der Waals surface area contributed by atoms with Crippen LogP contribution in [0.15, 0.2) is 65.6 Å². The second-order valence-electron chi connectivity index (χ2n) is 9.85. The number of aromatic nitrogens is 3. The number of pyridine rings is 1. The topological polar surface area (TPSA) is 95.6 Å². The molecular formula is C30H29N3O5S. The van der Waals surface area contributed by atoms with Crippen molar-refractivity contribution in [2.24, 2.45) is 13.0 Å². The van der Waals surface area contributed by atoms with Crippen LogP contribution in [0.25, 0.3) is 33.2 Å². The van der Waals surface area contributed by atoms with Gasteiger partial charge in [-0.1, -0.05) is 41.7 Å². The average molecular weight is 544 g/mol. The fourth-order valence-corrected chi connectivity index (χ4v) is 6.71. The molecule has 1 fully saturated rings. The summed E-state index contributed by atoms with van der Waals surface area (Å²) in [6.45, 7) is 1.16. The van der Waals surface area contributed by atoms with E-state index >= 15 is 0 Å². The lowest BCUT2D eigenvalue weighted by Crippen LogP contribution is -2.27. The third kappa shape index (κ3) is 4.36. The zero-order chi connectivity index (χ0) is 27.1. The zero-order valence-electron chi connectivity index (χ0n) is 21.8. The van der Waals surface area contributed by atoms with E-state index in [1.54, 1.807) is 23.9 Å². The Morgan fingerprint density at radius 3 is 2.64 bits per heavy atom. The molecule has 4 heterocycles. The molecule has 0 spiro atoms. The van der Waals surface area contributed by atoms with E-state index in [1.165, 1.54) is 7.11 Å². The molecule has 0 aliphatic carbocycles. The number of benzene rings is 2. The molecule has 0 bridgehead atoms. The summed E-state index contributed by atoms with van der Waals surface area (Å²) in [5.41, 5.74) is 5.64. The van der Waals surface area contributed by atoms with Gasteiger partial charge in [0, 0.05) is 37.4 Å². The van der Waals surface area contributed by atoms with Gasteiger partial charge in [-0.15, -0.1) is 0 Å². The summed E-state index contributed by atoms with van der Waals surface area (Å²) < 4.78 is 14.6. The van der Waals surface area contributed by atoms with Crippen LogP contribution >= 0.6 is 11.3 Å². The van der Waals surface area contributed by atoms with Crippen LogP contribution in [0.3, 0.4) is 0 Å². The SMILES string of the molecule is COC(=O)c1ccc2c3ncc(-c4c(CO)sc(=O)n4C)cc3n(C(c3ccccc3)C3CCOCC3)c2c1. The van der Waals surface area contributed by atoms with Crippen LogP contribution < -0.4 is 4.87 Å². The second kappa shape index (κ2) is 10.4. The number of fused-ring (bicyclic) bond motifs is 3. The molecule has 1 aliphatic rings. The lowest BCUT2D eigenvalue weighted by Gasteiger charge is -2.33. The minimum Gasteiger partial charge on any atom is -0.465 e. The molecule has 6 rings (SSSR count). The fraction of sp³-hybridized carbons (Fsp3) is 0.300. The van der Waals surface area contributed by atoms with Gasteiger partial charge in [-0.05, 0) is 48.6 Å². The first-order valence-corrected chi connectivity index (χ1v) is 13.8. The van der Waals surface area contributed by atoms with E-state index in [9.17, 15) is 14.7 Å². The maximum atomic E-state index is 12.6. The molecule has 1 saturated heterocycles. The Kier molecular flexibility index (Phi) is 6.80. The molecule has 9 heteroatoms. The summed E-state index contributed by atoms with van der Waals surface area (Å²) in [4.78, 5) is 30.4. The van der Waals surface area contributed by atoms with Gasteiger partial charge < -0.3 is 23.7 Å². The van der Waals surface area contributed by atoms with Gasteiger partial charge in [0.15, 0.2) is 0 Å². The number of thiazole rings is 1. The molecule has 200 valence electrons. The first-order valence-electron chi connectivity index (χ1n) is 13.0. The molecule has 2 aromatic carbocycles. The Morgan fingerprint density at radius 1 is 1.15 bits per heavy atom. The Labute approximate surface area is 229 Å². The van der Waals surface area contributed by atoms with Crippen molar-refractivity contribution < 1.29 is 19.4 Å². The smallest absolute Gasteiger partial charge is 0.337 e. The van der Waals surface area contributed by atoms with Crippen LogP contribution in [0.2, 0.25) is 0 Å². The number of carbonyl (C=O) groups is 1. The predicted molar refractivity (Wildman–Crippen MR) is 151 cm³/mol. The minimum absolute atomic E-state index is 0.0383. The molecule has 1 aliphatic heterocycles. The summed E-state index contributed by atoms with van der Waals surface area (Å²) in [5.74, 6) is -0.102. The van der Waals surface area contributed by atoms with Crippen molar-refractivity contribution in [2.75, 3.05) is 20.3 Å². The van der Waals surface area contributed by atoms with Gasteiger partial charge >= 0.3 is 10.8 Å². The van der Waals surface area contributed by atoms with Crippen LogP contribution in [0.5, 0.6) is 0 Å². The van der Waals surface area contributed by atoms with E-state index in [0.717, 1.165) is 57.2 Å². The van der Waals surface area contributed by atoms with Crippen molar-refractivity contribution in [1.82, 2.24) is 14.1 Å². The van der Waals surface area contributed by atoms with Crippen molar-refractivity contribution in [1.29, 1.82) is 0 Å². The number of methoxy groups -OCH3 is 1. The number of esters is 1. The highest BCUT2D eigenvalue weighted by Gasteiger charge is 2.30. The summed E-state index contributed by atoms with van der Waals surface area (Å²) >= 11 is 1.04. The lowest BCUT2D eigenvalue weighted by atomic mass is 9.86. The van der Waals surface area contributed by atoms with Gasteiger partial charge in [-0.3, -0.25) is 9.78 Å². The van der Waals surface area contributed by atoms with Crippen LogP contribution in [0.4, 0.5) is 0 Å². The van der Waals surface area contributed by atoms with Gasteiger partial charge in [0.1, 0.15) is 0 Å². The van der Waals surface area contributed by atoms with Crippen molar-refractivity contribution in [2.45, 2.75) is 25.5 Å². The Balaban J connectivity index is 1.69. The molecule has 0 saturated carbocycles. The van der Waals surface area contributed by atoms with Crippen molar-refractivity contribution in [3.63, 3.8) is 0 Å². The Bertz CT molecular complexity index is 1730. The molecule has 1 atom stereocenters. The first kappa shape index (κ1) is 25.5. The van der Waals surface area contributed by atoms with Crippen molar-refractivity contribution >= 4 is 39.2 Å². The fourth-order valence-electron chi connectivity index (χ4n) is 5.86. The summed E-state index contributed by atoms with van der Waals surface area (Å²) in [7, 11) is 3.10.